The van der Waals surface area contributed by atoms with E-state index in [9.17, 15) is 19.1 Å². The molecule has 0 aliphatic carbocycles. The summed E-state index contributed by atoms with van der Waals surface area (Å²) in [5, 5.41) is 10.7. The number of thioether (sulfide) groups is 1. The number of carbonyl (C=O) groups excluding carboxylic acids is 2. The lowest BCUT2D eigenvalue weighted by Crippen LogP contribution is -2.35. The van der Waals surface area contributed by atoms with Gasteiger partial charge in [0.25, 0.3) is 0 Å². The van der Waals surface area contributed by atoms with Crippen molar-refractivity contribution in [3.63, 3.8) is 0 Å². The van der Waals surface area contributed by atoms with Crippen LogP contribution in [0.4, 0.5) is 4.39 Å². The van der Waals surface area contributed by atoms with Crippen LogP contribution < -0.4 is 5.11 Å². The summed E-state index contributed by atoms with van der Waals surface area (Å²) < 4.78 is 12.8. The van der Waals surface area contributed by atoms with Crippen molar-refractivity contribution >= 4 is 35.1 Å². The number of carboxylic acid groups (broad SMARTS) is 1. The Morgan fingerprint density at radius 3 is 2.23 bits per heavy atom. The first-order valence-corrected chi connectivity index (χ1v) is 7.63. The first kappa shape index (κ1) is 16.5. The lowest BCUT2D eigenvalue weighted by molar-refractivity contribution is -0.304. The van der Waals surface area contributed by atoms with Gasteiger partial charge in [-0.3, -0.25) is 4.79 Å². The van der Waals surface area contributed by atoms with E-state index in [1.54, 1.807) is 24.3 Å². The van der Waals surface area contributed by atoms with Gasteiger partial charge in [-0.1, -0.05) is 11.6 Å². The van der Waals surface area contributed by atoms with Crippen LogP contribution in [-0.4, -0.2) is 17.0 Å². The molecule has 0 heterocycles. The molecule has 6 heteroatoms. The van der Waals surface area contributed by atoms with Gasteiger partial charge in [-0.2, -0.15) is 0 Å². The zero-order valence-corrected chi connectivity index (χ0v) is 12.9. The average molecular weight is 338 g/mol. The van der Waals surface area contributed by atoms with Gasteiger partial charge in [-0.15, -0.1) is 11.8 Å². The highest BCUT2D eigenvalue weighted by Crippen LogP contribution is 2.27. The van der Waals surface area contributed by atoms with Crippen molar-refractivity contribution in [3.05, 3.63) is 64.9 Å². The van der Waals surface area contributed by atoms with Crippen molar-refractivity contribution in [1.82, 2.24) is 0 Å². The topological polar surface area (TPSA) is 57.2 Å². The van der Waals surface area contributed by atoms with E-state index in [0.717, 1.165) is 23.9 Å². The summed E-state index contributed by atoms with van der Waals surface area (Å²) >= 11 is 6.78. The van der Waals surface area contributed by atoms with Crippen molar-refractivity contribution in [2.45, 2.75) is 16.6 Å². The molecule has 0 radical (unpaired) electrons. The van der Waals surface area contributed by atoms with Crippen LogP contribution in [0.25, 0.3) is 0 Å². The normalized spacial score (nSPS) is 11.9. The summed E-state index contributed by atoms with van der Waals surface area (Å²) in [4.78, 5) is 24.0. The second kappa shape index (κ2) is 7.42. The largest absolute Gasteiger partial charge is 0.549 e. The molecule has 2 aromatic rings. The highest BCUT2D eigenvalue weighted by atomic mass is 35.5. The fraction of sp³-hybridized carbons (Fsp3) is 0.125. The van der Waals surface area contributed by atoms with Crippen LogP contribution >= 0.6 is 23.4 Å². The molecule has 0 saturated carbocycles. The van der Waals surface area contributed by atoms with Crippen molar-refractivity contribution in [3.8, 4) is 0 Å². The molecule has 2 aromatic carbocycles. The van der Waals surface area contributed by atoms with Gasteiger partial charge in [0.15, 0.2) is 5.78 Å². The predicted molar refractivity (Wildman–Crippen MR) is 81.5 cm³/mol. The minimum Gasteiger partial charge on any atom is -0.549 e. The third-order valence-corrected chi connectivity index (χ3v) is 4.33. The maximum Gasteiger partial charge on any atom is 0.164 e. The van der Waals surface area contributed by atoms with Crippen LogP contribution in [0, 0.1) is 5.82 Å². The Kier molecular flexibility index (Phi) is 5.57. The SMILES string of the molecule is O=C(C[C@@H](Sc1ccc(Cl)cc1)C(=O)[O-])c1ccc(F)cc1. The minimum absolute atomic E-state index is 0.235. The van der Waals surface area contributed by atoms with E-state index in [4.69, 9.17) is 11.6 Å². The quantitative estimate of drug-likeness (QED) is 0.600. The van der Waals surface area contributed by atoms with Gasteiger partial charge >= 0.3 is 0 Å². The smallest absolute Gasteiger partial charge is 0.164 e. The Hall–Kier alpha value is -1.85. The lowest BCUT2D eigenvalue weighted by atomic mass is 10.1. The lowest BCUT2D eigenvalue weighted by Gasteiger charge is -2.17. The maximum atomic E-state index is 12.8. The summed E-state index contributed by atoms with van der Waals surface area (Å²) in [6, 6.07) is 11.6. The number of rotatable bonds is 6. The van der Waals surface area contributed by atoms with Gasteiger partial charge in [0, 0.05) is 21.9 Å². The van der Waals surface area contributed by atoms with E-state index in [2.05, 4.69) is 0 Å². The molecule has 0 saturated heterocycles. The number of ketones is 1. The molecule has 114 valence electrons. The number of hydrogen-bond acceptors (Lipinski definition) is 4. The first-order chi connectivity index (χ1) is 10.5. The highest BCUT2D eigenvalue weighted by Gasteiger charge is 2.18. The van der Waals surface area contributed by atoms with E-state index < -0.39 is 17.0 Å². The fourth-order valence-electron chi connectivity index (χ4n) is 1.77. The number of halogens is 2. The van der Waals surface area contributed by atoms with E-state index in [1.807, 2.05) is 0 Å². The van der Waals surface area contributed by atoms with Gasteiger partial charge in [0.1, 0.15) is 5.82 Å². The molecular weight excluding hydrogens is 327 g/mol. The molecule has 3 nitrogen and oxygen atoms in total. The molecule has 22 heavy (non-hydrogen) atoms. The van der Waals surface area contributed by atoms with Crippen molar-refractivity contribution in [2.24, 2.45) is 0 Å². The summed E-state index contributed by atoms with van der Waals surface area (Å²) in [6.45, 7) is 0. The molecule has 2 rings (SSSR count). The van der Waals surface area contributed by atoms with Crippen molar-refractivity contribution in [2.75, 3.05) is 0 Å². The zero-order chi connectivity index (χ0) is 16.1. The van der Waals surface area contributed by atoms with Crippen molar-refractivity contribution < 1.29 is 19.1 Å². The molecule has 0 unspecified atom stereocenters. The summed E-state index contributed by atoms with van der Waals surface area (Å²) in [7, 11) is 0. The molecule has 0 amide bonds. The third-order valence-electron chi connectivity index (χ3n) is 2.89. The van der Waals surface area contributed by atoms with E-state index in [-0.39, 0.29) is 17.8 Å². The average Bonchev–Trinajstić information content (AvgIpc) is 2.49. The molecule has 0 fully saturated rings. The molecule has 0 bridgehead atoms. The molecule has 0 aliphatic rings. The molecule has 1 atom stereocenters. The van der Waals surface area contributed by atoms with Gasteiger partial charge < -0.3 is 9.90 Å². The Labute approximate surface area is 136 Å². The first-order valence-electron chi connectivity index (χ1n) is 6.37. The number of hydrogen-bond donors (Lipinski definition) is 0. The summed E-state index contributed by atoms with van der Waals surface area (Å²) in [5.74, 6) is -2.16. The number of carboxylic acids is 1. The second-order valence-electron chi connectivity index (χ2n) is 4.51. The summed E-state index contributed by atoms with van der Waals surface area (Å²) in [6.07, 6.45) is -0.235. The van der Waals surface area contributed by atoms with Crippen molar-refractivity contribution in [1.29, 1.82) is 0 Å². The Morgan fingerprint density at radius 1 is 1.09 bits per heavy atom. The number of benzene rings is 2. The maximum absolute atomic E-state index is 12.8. The molecule has 0 spiro atoms. The summed E-state index contributed by atoms with van der Waals surface area (Å²) in [5.41, 5.74) is 0.268. The van der Waals surface area contributed by atoms with Crippen LogP contribution in [0.15, 0.2) is 53.4 Å². The third kappa shape index (κ3) is 4.58. The molecular formula is C16H11ClFO3S-. The monoisotopic (exact) mass is 337 g/mol. The Balaban J connectivity index is 2.08. The number of carbonyl (C=O) groups is 2. The van der Waals surface area contributed by atoms with Crippen LogP contribution in [0.3, 0.4) is 0 Å². The molecule has 0 N–H and O–H groups in total. The van der Waals surface area contributed by atoms with Crippen LogP contribution in [-0.2, 0) is 4.79 Å². The number of aliphatic carboxylic acids is 1. The van der Waals surface area contributed by atoms with Crippen LogP contribution in [0.2, 0.25) is 5.02 Å². The number of Topliss-reactive ketones (excluding diaryl/α,β-unsaturated/α-hetero) is 1. The fourth-order valence-corrected chi connectivity index (χ4v) is 2.85. The van der Waals surface area contributed by atoms with Gasteiger partial charge in [-0.05, 0) is 48.5 Å². The van der Waals surface area contributed by atoms with Gasteiger partial charge in [-0.25, -0.2) is 4.39 Å². The van der Waals surface area contributed by atoms with Crippen LogP contribution in [0.1, 0.15) is 16.8 Å². The zero-order valence-electron chi connectivity index (χ0n) is 11.3. The Bertz CT molecular complexity index is 671. The Morgan fingerprint density at radius 2 is 1.68 bits per heavy atom. The standard InChI is InChI=1S/C16H12ClFO3S/c17-11-3-7-13(8-4-11)22-15(16(20)21)9-14(19)10-1-5-12(18)6-2-10/h1-8,15H,9H2,(H,20,21)/p-1/t15-/m1/s1. The van der Waals surface area contributed by atoms with Crippen LogP contribution in [0.5, 0.6) is 0 Å². The minimum atomic E-state index is -1.32. The van der Waals surface area contributed by atoms with E-state index in [0.29, 0.717) is 9.92 Å². The second-order valence-corrected chi connectivity index (χ2v) is 6.23. The molecule has 0 aromatic heterocycles. The van der Waals surface area contributed by atoms with Gasteiger partial charge in [0.2, 0.25) is 0 Å². The molecule has 0 aliphatic heterocycles. The highest BCUT2D eigenvalue weighted by molar-refractivity contribution is 8.00. The van der Waals surface area contributed by atoms with E-state index >= 15 is 0 Å². The predicted octanol–water partition coefficient (Wildman–Crippen LogP) is 2.96. The van der Waals surface area contributed by atoms with Gasteiger partial charge in [0.05, 0.1) is 11.2 Å². The van der Waals surface area contributed by atoms with E-state index in [1.165, 1.54) is 12.1 Å².